The lowest BCUT2D eigenvalue weighted by molar-refractivity contribution is -0.151. The summed E-state index contributed by atoms with van der Waals surface area (Å²) in [4.78, 5) is 15.0. The molecule has 1 aliphatic heterocycles. The second-order valence-electron chi connectivity index (χ2n) is 7.41. The summed E-state index contributed by atoms with van der Waals surface area (Å²) in [5, 5.41) is 3.53. The minimum Gasteiger partial charge on any atom is -0.465 e. The van der Waals surface area contributed by atoms with Gasteiger partial charge in [-0.2, -0.15) is 0 Å². The van der Waals surface area contributed by atoms with Crippen molar-refractivity contribution in [1.29, 1.82) is 0 Å². The molecule has 4 unspecified atom stereocenters. The molecule has 2 aliphatic rings. The summed E-state index contributed by atoms with van der Waals surface area (Å²) >= 11 is 0. The van der Waals surface area contributed by atoms with E-state index in [0.717, 1.165) is 18.9 Å². The SMILES string of the molecule is CCOC(=O)C(C)(CC(C)N1CC(C)CC1C)NC1CC1. The van der Waals surface area contributed by atoms with Gasteiger partial charge in [-0.15, -0.1) is 0 Å². The third-order valence-electron chi connectivity index (χ3n) is 4.93. The van der Waals surface area contributed by atoms with Crippen LogP contribution in [0.1, 0.15) is 60.3 Å². The van der Waals surface area contributed by atoms with Crippen LogP contribution in [0.2, 0.25) is 0 Å². The Hall–Kier alpha value is -0.610. The van der Waals surface area contributed by atoms with Gasteiger partial charge >= 0.3 is 5.97 Å². The van der Waals surface area contributed by atoms with Crippen molar-refractivity contribution in [3.05, 3.63) is 0 Å². The van der Waals surface area contributed by atoms with Crippen LogP contribution in [0.15, 0.2) is 0 Å². The van der Waals surface area contributed by atoms with E-state index in [1.165, 1.54) is 19.3 Å². The van der Waals surface area contributed by atoms with E-state index in [-0.39, 0.29) is 5.97 Å². The molecule has 0 aromatic rings. The van der Waals surface area contributed by atoms with E-state index in [2.05, 4.69) is 31.0 Å². The van der Waals surface area contributed by atoms with Gasteiger partial charge in [-0.05, 0) is 59.3 Å². The minimum atomic E-state index is -0.553. The second kappa shape index (κ2) is 6.66. The van der Waals surface area contributed by atoms with E-state index in [1.54, 1.807) is 0 Å². The predicted octanol–water partition coefficient (Wildman–Crippen LogP) is 2.57. The van der Waals surface area contributed by atoms with Gasteiger partial charge in [-0.3, -0.25) is 15.0 Å². The molecule has 0 aromatic heterocycles. The minimum absolute atomic E-state index is 0.0938. The van der Waals surface area contributed by atoms with Gasteiger partial charge in [0.25, 0.3) is 0 Å². The third-order valence-corrected chi connectivity index (χ3v) is 4.93. The fraction of sp³-hybridized carbons (Fsp3) is 0.941. The highest BCUT2D eigenvalue weighted by atomic mass is 16.5. The molecule has 4 nitrogen and oxygen atoms in total. The number of hydrogen-bond acceptors (Lipinski definition) is 4. The maximum absolute atomic E-state index is 12.4. The first kappa shape index (κ1) is 16.8. The molecular weight excluding hydrogens is 264 g/mol. The van der Waals surface area contributed by atoms with E-state index in [4.69, 9.17) is 4.74 Å². The van der Waals surface area contributed by atoms with Crippen LogP contribution in [-0.4, -0.2) is 47.7 Å². The van der Waals surface area contributed by atoms with Crippen molar-refractivity contribution in [2.45, 2.75) is 84.0 Å². The number of hydrogen-bond donors (Lipinski definition) is 1. The van der Waals surface area contributed by atoms with Crippen molar-refractivity contribution >= 4 is 5.97 Å². The molecule has 21 heavy (non-hydrogen) atoms. The molecule has 1 N–H and O–H groups in total. The van der Waals surface area contributed by atoms with Gasteiger partial charge in [0.05, 0.1) is 6.61 Å². The summed E-state index contributed by atoms with van der Waals surface area (Å²) < 4.78 is 5.33. The van der Waals surface area contributed by atoms with Crippen molar-refractivity contribution < 1.29 is 9.53 Å². The summed E-state index contributed by atoms with van der Waals surface area (Å²) in [5.41, 5.74) is -0.553. The monoisotopic (exact) mass is 296 g/mol. The first-order valence-electron chi connectivity index (χ1n) is 8.56. The fourth-order valence-corrected chi connectivity index (χ4v) is 3.82. The van der Waals surface area contributed by atoms with Crippen LogP contribution in [-0.2, 0) is 9.53 Å². The highest BCUT2D eigenvalue weighted by Gasteiger charge is 2.42. The molecule has 1 aliphatic carbocycles. The quantitative estimate of drug-likeness (QED) is 0.733. The molecule has 122 valence electrons. The normalized spacial score (nSPS) is 30.9. The van der Waals surface area contributed by atoms with E-state index >= 15 is 0 Å². The van der Waals surface area contributed by atoms with Crippen LogP contribution in [0.25, 0.3) is 0 Å². The van der Waals surface area contributed by atoms with Crippen LogP contribution in [0.4, 0.5) is 0 Å². The van der Waals surface area contributed by atoms with Gasteiger partial charge < -0.3 is 4.74 Å². The lowest BCUT2D eigenvalue weighted by Crippen LogP contribution is -2.55. The van der Waals surface area contributed by atoms with Crippen LogP contribution >= 0.6 is 0 Å². The molecule has 0 aromatic carbocycles. The standard InChI is InChI=1S/C17H32N2O2/c1-6-21-16(20)17(5,18-15-7-8-15)10-14(4)19-11-12(2)9-13(19)3/h12-15,18H,6-11H2,1-5H3. The number of carbonyl (C=O) groups is 1. The molecule has 4 atom stereocenters. The van der Waals surface area contributed by atoms with Gasteiger partial charge in [0.15, 0.2) is 0 Å². The third kappa shape index (κ3) is 4.19. The zero-order chi connectivity index (χ0) is 15.6. The van der Waals surface area contributed by atoms with Crippen molar-refractivity contribution in [2.24, 2.45) is 5.92 Å². The molecule has 4 heteroatoms. The average molecular weight is 296 g/mol. The summed E-state index contributed by atoms with van der Waals surface area (Å²) in [6.45, 7) is 12.4. The van der Waals surface area contributed by atoms with Crippen molar-refractivity contribution in [3.8, 4) is 0 Å². The number of esters is 1. The largest absolute Gasteiger partial charge is 0.465 e. The smallest absolute Gasteiger partial charge is 0.326 e. The zero-order valence-electron chi connectivity index (χ0n) is 14.3. The van der Waals surface area contributed by atoms with Crippen molar-refractivity contribution in [1.82, 2.24) is 10.2 Å². The van der Waals surface area contributed by atoms with Gasteiger partial charge in [0, 0.05) is 24.7 Å². The zero-order valence-corrected chi connectivity index (χ0v) is 14.3. The maximum Gasteiger partial charge on any atom is 0.326 e. The lowest BCUT2D eigenvalue weighted by atomic mass is 9.92. The first-order chi connectivity index (χ1) is 9.85. The Morgan fingerprint density at radius 2 is 2.10 bits per heavy atom. The van der Waals surface area contributed by atoms with Gasteiger partial charge in [-0.1, -0.05) is 6.92 Å². The number of nitrogens with one attached hydrogen (secondary N) is 1. The summed E-state index contributed by atoms with van der Waals surface area (Å²) in [6.07, 6.45) is 4.44. The highest BCUT2D eigenvalue weighted by Crippen LogP contribution is 2.30. The molecule has 2 fully saturated rings. The molecule has 0 amide bonds. The number of ether oxygens (including phenoxy) is 1. The Morgan fingerprint density at radius 1 is 1.43 bits per heavy atom. The van der Waals surface area contributed by atoms with Crippen LogP contribution < -0.4 is 5.32 Å². The topological polar surface area (TPSA) is 41.6 Å². The molecule has 1 saturated carbocycles. The average Bonchev–Trinajstić information content (AvgIpc) is 3.12. The van der Waals surface area contributed by atoms with E-state index in [0.29, 0.717) is 24.7 Å². The second-order valence-corrected chi connectivity index (χ2v) is 7.41. The Bertz CT molecular complexity index is 370. The predicted molar refractivity (Wildman–Crippen MR) is 85.2 cm³/mol. The molecule has 0 bridgehead atoms. The van der Waals surface area contributed by atoms with Gasteiger partial charge in [-0.25, -0.2) is 0 Å². The molecule has 0 spiro atoms. The fourth-order valence-electron chi connectivity index (χ4n) is 3.82. The van der Waals surface area contributed by atoms with E-state index in [9.17, 15) is 4.79 Å². The Morgan fingerprint density at radius 3 is 2.57 bits per heavy atom. The van der Waals surface area contributed by atoms with Gasteiger partial charge in [0.2, 0.25) is 0 Å². The Labute approximate surface area is 129 Å². The molecule has 2 rings (SSSR count). The van der Waals surface area contributed by atoms with Crippen molar-refractivity contribution in [3.63, 3.8) is 0 Å². The molecular formula is C17H32N2O2. The summed E-state index contributed by atoms with van der Waals surface area (Å²) in [5.74, 6) is 0.663. The molecule has 0 radical (unpaired) electrons. The van der Waals surface area contributed by atoms with Gasteiger partial charge in [0.1, 0.15) is 5.54 Å². The first-order valence-corrected chi connectivity index (χ1v) is 8.56. The Balaban J connectivity index is 2.01. The number of rotatable bonds is 7. The lowest BCUT2D eigenvalue weighted by Gasteiger charge is -2.36. The number of likely N-dealkylation sites (tertiary alicyclic amines) is 1. The Kier molecular flexibility index (Phi) is 5.31. The van der Waals surface area contributed by atoms with E-state index < -0.39 is 5.54 Å². The van der Waals surface area contributed by atoms with E-state index in [1.807, 2.05) is 13.8 Å². The van der Waals surface area contributed by atoms with Crippen molar-refractivity contribution in [2.75, 3.05) is 13.2 Å². The van der Waals surface area contributed by atoms with Crippen LogP contribution in [0, 0.1) is 5.92 Å². The maximum atomic E-state index is 12.4. The number of carbonyl (C=O) groups excluding carboxylic acids is 1. The van der Waals surface area contributed by atoms with Crippen LogP contribution in [0.5, 0.6) is 0 Å². The molecule has 1 saturated heterocycles. The highest BCUT2D eigenvalue weighted by molar-refractivity contribution is 5.80. The van der Waals surface area contributed by atoms with Crippen LogP contribution in [0.3, 0.4) is 0 Å². The molecule has 1 heterocycles. The number of nitrogens with zero attached hydrogens (tertiary/aromatic N) is 1. The summed E-state index contributed by atoms with van der Waals surface area (Å²) in [6, 6.07) is 1.51. The summed E-state index contributed by atoms with van der Waals surface area (Å²) in [7, 11) is 0.